The number of ether oxygens (including phenoxy) is 1. The van der Waals surface area contributed by atoms with Gasteiger partial charge in [0.25, 0.3) is 11.7 Å². The van der Waals surface area contributed by atoms with Crippen LogP contribution in [-0.4, -0.2) is 55.7 Å². The van der Waals surface area contributed by atoms with Crippen molar-refractivity contribution < 1.29 is 9.53 Å². The molecule has 3 aliphatic rings. The molecule has 3 aliphatic heterocycles. The Kier molecular flexibility index (Phi) is 2.63. The molecular formula is C16H19N5O2. The fourth-order valence-corrected chi connectivity index (χ4v) is 4.52. The standard InChI is InChI=1S/C16H19N5O2/c1-8-5-9(2)21-16(17-8)18-14(19-21)15(22)20-6-10-11(7-20)13-4-3-12(10)23-13/h5,10-13H,3-4,6-7H2,1-2H3/t10-,11+,12+,13-. The second-order valence-electron chi connectivity index (χ2n) is 7.01. The van der Waals surface area contributed by atoms with Gasteiger partial charge in [-0.3, -0.25) is 4.79 Å². The first kappa shape index (κ1) is 13.4. The first-order valence-corrected chi connectivity index (χ1v) is 8.26. The lowest BCUT2D eigenvalue weighted by Gasteiger charge is -2.17. The van der Waals surface area contributed by atoms with Crippen LogP contribution in [0.25, 0.3) is 5.78 Å². The van der Waals surface area contributed by atoms with Crippen LogP contribution in [0.1, 0.15) is 34.8 Å². The summed E-state index contributed by atoms with van der Waals surface area (Å²) in [6.45, 7) is 5.40. The monoisotopic (exact) mass is 313 g/mol. The molecule has 0 unspecified atom stereocenters. The molecule has 0 aromatic carbocycles. The molecule has 5 rings (SSSR count). The maximum atomic E-state index is 12.8. The largest absolute Gasteiger partial charge is 0.374 e. The summed E-state index contributed by atoms with van der Waals surface area (Å²) in [6.07, 6.45) is 2.98. The van der Waals surface area contributed by atoms with Crippen LogP contribution in [-0.2, 0) is 4.74 Å². The molecule has 0 aliphatic carbocycles. The number of aromatic nitrogens is 4. The molecule has 2 aromatic rings. The van der Waals surface area contributed by atoms with Crippen LogP contribution in [0.3, 0.4) is 0 Å². The van der Waals surface area contributed by atoms with Crippen LogP contribution in [0.4, 0.5) is 0 Å². The van der Waals surface area contributed by atoms with E-state index >= 15 is 0 Å². The van der Waals surface area contributed by atoms with Gasteiger partial charge in [0.15, 0.2) is 0 Å². The number of carbonyl (C=O) groups is 1. The Bertz CT molecular complexity index is 798. The van der Waals surface area contributed by atoms with E-state index in [0.717, 1.165) is 37.3 Å². The van der Waals surface area contributed by atoms with Gasteiger partial charge in [0.1, 0.15) is 0 Å². The first-order chi connectivity index (χ1) is 11.1. The average molecular weight is 313 g/mol. The van der Waals surface area contributed by atoms with Gasteiger partial charge < -0.3 is 9.64 Å². The number of nitrogens with zero attached hydrogens (tertiary/aromatic N) is 5. The Morgan fingerprint density at radius 1 is 1.17 bits per heavy atom. The maximum Gasteiger partial charge on any atom is 0.293 e. The fourth-order valence-electron chi connectivity index (χ4n) is 4.52. The van der Waals surface area contributed by atoms with Crippen molar-refractivity contribution in [2.75, 3.05) is 13.1 Å². The third-order valence-electron chi connectivity index (χ3n) is 5.55. The number of rotatable bonds is 1. The Morgan fingerprint density at radius 3 is 2.57 bits per heavy atom. The van der Waals surface area contributed by atoms with E-state index in [1.54, 1.807) is 4.52 Å². The molecule has 3 saturated heterocycles. The minimum atomic E-state index is -0.0821. The summed E-state index contributed by atoms with van der Waals surface area (Å²) in [5.74, 6) is 1.66. The van der Waals surface area contributed by atoms with E-state index in [-0.39, 0.29) is 11.7 Å². The smallest absolute Gasteiger partial charge is 0.293 e. The van der Waals surface area contributed by atoms with Crippen LogP contribution in [0.2, 0.25) is 0 Å². The number of hydrogen-bond donors (Lipinski definition) is 0. The van der Waals surface area contributed by atoms with Crippen LogP contribution in [0.15, 0.2) is 6.07 Å². The van der Waals surface area contributed by atoms with Gasteiger partial charge in [0.2, 0.25) is 5.82 Å². The van der Waals surface area contributed by atoms with Crippen molar-refractivity contribution >= 4 is 11.7 Å². The molecule has 3 fully saturated rings. The van der Waals surface area contributed by atoms with Gasteiger partial charge in [-0.25, -0.2) is 9.50 Å². The highest BCUT2D eigenvalue weighted by Gasteiger charge is 2.54. The second-order valence-corrected chi connectivity index (χ2v) is 7.01. The fraction of sp³-hybridized carbons (Fsp3) is 0.625. The summed E-state index contributed by atoms with van der Waals surface area (Å²) < 4.78 is 7.61. The molecule has 7 nitrogen and oxygen atoms in total. The highest BCUT2D eigenvalue weighted by molar-refractivity contribution is 5.91. The molecule has 0 N–H and O–H groups in total. The molecule has 23 heavy (non-hydrogen) atoms. The number of hydrogen-bond acceptors (Lipinski definition) is 5. The lowest BCUT2D eigenvalue weighted by Crippen LogP contribution is -2.32. The predicted octanol–water partition coefficient (Wildman–Crippen LogP) is 0.991. The van der Waals surface area contributed by atoms with Gasteiger partial charge in [-0.05, 0) is 32.8 Å². The van der Waals surface area contributed by atoms with Crippen molar-refractivity contribution in [3.63, 3.8) is 0 Å². The number of fused-ring (bicyclic) bond motifs is 6. The molecule has 0 saturated carbocycles. The van der Waals surface area contributed by atoms with E-state index in [1.165, 1.54) is 0 Å². The van der Waals surface area contributed by atoms with Crippen LogP contribution in [0, 0.1) is 25.7 Å². The summed E-state index contributed by atoms with van der Waals surface area (Å²) in [5.41, 5.74) is 1.81. The van der Waals surface area contributed by atoms with Crippen molar-refractivity contribution in [1.82, 2.24) is 24.5 Å². The first-order valence-electron chi connectivity index (χ1n) is 8.26. The zero-order valence-electron chi connectivity index (χ0n) is 13.3. The van der Waals surface area contributed by atoms with E-state index in [9.17, 15) is 4.79 Å². The van der Waals surface area contributed by atoms with Gasteiger partial charge >= 0.3 is 0 Å². The molecule has 5 heterocycles. The summed E-state index contributed by atoms with van der Waals surface area (Å²) in [4.78, 5) is 23.4. The minimum Gasteiger partial charge on any atom is -0.374 e. The Labute approximate surface area is 133 Å². The second kappa shape index (κ2) is 4.50. The highest BCUT2D eigenvalue weighted by atomic mass is 16.5. The SMILES string of the molecule is Cc1cc(C)n2nc(C(=O)N3C[C@@H]4[C@H](C3)[C@H]3CC[C@@H]4O3)nc2n1. The lowest BCUT2D eigenvalue weighted by molar-refractivity contribution is 0.0587. The zero-order chi connectivity index (χ0) is 15.7. The van der Waals surface area contributed by atoms with Gasteiger partial charge in [-0.15, -0.1) is 5.10 Å². The van der Waals surface area contributed by atoms with Crippen LogP contribution >= 0.6 is 0 Å². The molecule has 2 aromatic heterocycles. The van der Waals surface area contributed by atoms with E-state index in [2.05, 4.69) is 15.1 Å². The minimum absolute atomic E-state index is 0.0821. The van der Waals surface area contributed by atoms with Crippen LogP contribution < -0.4 is 0 Å². The Morgan fingerprint density at radius 2 is 1.87 bits per heavy atom. The summed E-state index contributed by atoms with van der Waals surface area (Å²) in [7, 11) is 0. The van der Waals surface area contributed by atoms with E-state index in [4.69, 9.17) is 4.74 Å². The molecular weight excluding hydrogens is 294 g/mol. The van der Waals surface area contributed by atoms with Gasteiger partial charge in [0, 0.05) is 36.3 Å². The van der Waals surface area contributed by atoms with Crippen molar-refractivity contribution in [2.45, 2.75) is 38.9 Å². The van der Waals surface area contributed by atoms with Gasteiger partial charge in [-0.2, -0.15) is 4.98 Å². The summed E-state index contributed by atoms with van der Waals surface area (Å²) >= 11 is 0. The Balaban J connectivity index is 1.44. The molecule has 7 heteroatoms. The normalized spacial score (nSPS) is 32.0. The summed E-state index contributed by atoms with van der Waals surface area (Å²) in [6, 6.07) is 1.94. The quantitative estimate of drug-likeness (QED) is 0.785. The molecule has 4 atom stereocenters. The molecule has 120 valence electrons. The van der Waals surface area contributed by atoms with E-state index < -0.39 is 0 Å². The molecule has 0 radical (unpaired) electrons. The van der Waals surface area contributed by atoms with Crippen molar-refractivity contribution in [3.05, 3.63) is 23.3 Å². The lowest BCUT2D eigenvalue weighted by atomic mass is 9.82. The van der Waals surface area contributed by atoms with E-state index in [1.807, 2.05) is 24.8 Å². The average Bonchev–Trinajstić information content (AvgIpc) is 3.26. The number of amides is 1. The number of carbonyl (C=O) groups excluding carboxylic acids is 1. The molecule has 1 amide bonds. The third-order valence-corrected chi connectivity index (χ3v) is 5.55. The van der Waals surface area contributed by atoms with Gasteiger partial charge in [0.05, 0.1) is 12.2 Å². The Hall–Kier alpha value is -2.02. The highest BCUT2D eigenvalue weighted by Crippen LogP contribution is 2.47. The summed E-state index contributed by atoms with van der Waals surface area (Å²) in [5, 5.41) is 4.37. The van der Waals surface area contributed by atoms with E-state index in [0.29, 0.717) is 29.8 Å². The molecule has 2 bridgehead atoms. The van der Waals surface area contributed by atoms with Crippen molar-refractivity contribution in [1.29, 1.82) is 0 Å². The topological polar surface area (TPSA) is 72.6 Å². The number of likely N-dealkylation sites (tertiary alicyclic amines) is 1. The van der Waals surface area contributed by atoms with Gasteiger partial charge in [-0.1, -0.05) is 0 Å². The number of aryl methyl sites for hydroxylation is 2. The maximum absolute atomic E-state index is 12.8. The van der Waals surface area contributed by atoms with Crippen LogP contribution in [0.5, 0.6) is 0 Å². The van der Waals surface area contributed by atoms with Crippen molar-refractivity contribution in [3.8, 4) is 0 Å². The zero-order valence-corrected chi connectivity index (χ0v) is 13.3. The predicted molar refractivity (Wildman–Crippen MR) is 81.0 cm³/mol. The third kappa shape index (κ3) is 1.86. The van der Waals surface area contributed by atoms with Crippen molar-refractivity contribution in [2.24, 2.45) is 11.8 Å². The molecule has 0 spiro atoms.